The van der Waals surface area contributed by atoms with Crippen molar-refractivity contribution in [2.45, 2.75) is 5.37 Å². The predicted molar refractivity (Wildman–Crippen MR) is 124 cm³/mol. The van der Waals surface area contributed by atoms with Crippen molar-refractivity contribution < 1.29 is 14.3 Å². The molecular formula is C23H19BrN2O3S. The first-order valence-electron chi connectivity index (χ1n) is 9.30. The topological polar surface area (TPSA) is 58.6 Å². The number of ether oxygens (including phenoxy) is 1. The Hall–Kier alpha value is -2.77. The largest absolute Gasteiger partial charge is 0.497 e. The average molecular weight is 483 g/mol. The molecule has 30 heavy (non-hydrogen) atoms. The van der Waals surface area contributed by atoms with Crippen LogP contribution < -0.4 is 15.0 Å². The van der Waals surface area contributed by atoms with Crippen LogP contribution in [0.3, 0.4) is 0 Å². The summed E-state index contributed by atoms with van der Waals surface area (Å²) in [5.41, 5.74) is 3.09. The second-order valence-corrected chi connectivity index (χ2v) is 8.70. The van der Waals surface area contributed by atoms with Gasteiger partial charge in [0, 0.05) is 27.5 Å². The minimum atomic E-state index is -0.168. The third-order valence-corrected chi connectivity index (χ3v) is 6.50. The third kappa shape index (κ3) is 4.37. The van der Waals surface area contributed by atoms with Gasteiger partial charge < -0.3 is 10.1 Å². The highest BCUT2D eigenvalue weighted by Crippen LogP contribution is 2.42. The van der Waals surface area contributed by atoms with Gasteiger partial charge in [0.25, 0.3) is 5.91 Å². The van der Waals surface area contributed by atoms with Crippen molar-refractivity contribution in [2.75, 3.05) is 23.1 Å². The number of amides is 2. The van der Waals surface area contributed by atoms with Crippen LogP contribution in [0.1, 0.15) is 21.3 Å². The summed E-state index contributed by atoms with van der Waals surface area (Å²) in [5, 5.41) is 2.78. The zero-order chi connectivity index (χ0) is 21.1. The van der Waals surface area contributed by atoms with Gasteiger partial charge in [-0.15, -0.1) is 11.8 Å². The first-order chi connectivity index (χ1) is 14.5. The Balaban J connectivity index is 1.51. The maximum absolute atomic E-state index is 12.6. The summed E-state index contributed by atoms with van der Waals surface area (Å²) in [7, 11) is 1.61. The Labute approximate surface area is 187 Å². The Morgan fingerprint density at radius 2 is 1.83 bits per heavy atom. The number of rotatable bonds is 5. The van der Waals surface area contributed by atoms with Gasteiger partial charge in [0.15, 0.2) is 0 Å². The van der Waals surface area contributed by atoms with Gasteiger partial charge in [0.1, 0.15) is 11.1 Å². The third-order valence-electron chi connectivity index (χ3n) is 4.76. The monoisotopic (exact) mass is 482 g/mol. The number of benzene rings is 3. The zero-order valence-corrected chi connectivity index (χ0v) is 18.6. The molecule has 1 heterocycles. The van der Waals surface area contributed by atoms with Crippen LogP contribution in [-0.2, 0) is 4.79 Å². The molecule has 7 heteroatoms. The molecule has 1 aliphatic heterocycles. The molecule has 0 aromatic heterocycles. The number of thioether (sulfide) groups is 1. The summed E-state index contributed by atoms with van der Waals surface area (Å²) in [5.74, 6) is 1.02. The quantitative estimate of drug-likeness (QED) is 0.522. The number of methoxy groups -OCH3 is 1. The highest BCUT2D eigenvalue weighted by atomic mass is 79.9. The molecule has 4 rings (SSSR count). The van der Waals surface area contributed by atoms with Gasteiger partial charge in [0.05, 0.1) is 12.9 Å². The van der Waals surface area contributed by atoms with Crippen LogP contribution in [-0.4, -0.2) is 24.7 Å². The van der Waals surface area contributed by atoms with Gasteiger partial charge in [-0.3, -0.25) is 14.5 Å². The highest BCUT2D eigenvalue weighted by molar-refractivity contribution is 9.10. The second kappa shape index (κ2) is 8.93. The van der Waals surface area contributed by atoms with E-state index in [1.807, 2.05) is 60.7 Å². The Morgan fingerprint density at radius 1 is 1.10 bits per heavy atom. The molecule has 1 atom stereocenters. The van der Waals surface area contributed by atoms with E-state index >= 15 is 0 Å². The van der Waals surface area contributed by atoms with Crippen molar-refractivity contribution in [1.29, 1.82) is 0 Å². The summed E-state index contributed by atoms with van der Waals surface area (Å²) >= 11 is 4.95. The number of carbonyl (C=O) groups excluding carboxylic acids is 2. The fourth-order valence-electron chi connectivity index (χ4n) is 3.25. The average Bonchev–Trinajstić information content (AvgIpc) is 3.16. The van der Waals surface area contributed by atoms with Gasteiger partial charge in [0.2, 0.25) is 5.91 Å². The number of nitrogens with zero attached hydrogens (tertiary/aromatic N) is 1. The van der Waals surface area contributed by atoms with E-state index in [9.17, 15) is 9.59 Å². The van der Waals surface area contributed by atoms with Crippen molar-refractivity contribution in [1.82, 2.24) is 0 Å². The first-order valence-corrected chi connectivity index (χ1v) is 11.1. The molecule has 0 radical (unpaired) electrons. The molecule has 1 aliphatic rings. The minimum absolute atomic E-state index is 0.0610. The van der Waals surface area contributed by atoms with E-state index in [0.29, 0.717) is 22.8 Å². The van der Waals surface area contributed by atoms with Gasteiger partial charge in [-0.25, -0.2) is 0 Å². The van der Waals surface area contributed by atoms with Crippen molar-refractivity contribution in [3.05, 3.63) is 88.4 Å². The second-order valence-electron chi connectivity index (χ2n) is 6.71. The van der Waals surface area contributed by atoms with Crippen LogP contribution in [0, 0.1) is 0 Å². The molecule has 3 aromatic carbocycles. The normalized spacial score (nSPS) is 15.9. The number of halogens is 1. The van der Waals surface area contributed by atoms with Crippen molar-refractivity contribution in [3.8, 4) is 5.75 Å². The molecule has 1 saturated heterocycles. The smallest absolute Gasteiger partial charge is 0.255 e. The van der Waals surface area contributed by atoms with Crippen LogP contribution in [0.25, 0.3) is 0 Å². The fraction of sp³-hybridized carbons (Fsp3) is 0.130. The molecule has 2 amide bonds. The lowest BCUT2D eigenvalue weighted by Gasteiger charge is -2.25. The first kappa shape index (κ1) is 20.5. The van der Waals surface area contributed by atoms with Crippen molar-refractivity contribution in [3.63, 3.8) is 0 Å². The van der Waals surface area contributed by atoms with E-state index in [1.54, 1.807) is 35.9 Å². The highest BCUT2D eigenvalue weighted by Gasteiger charge is 2.34. The van der Waals surface area contributed by atoms with Crippen LogP contribution in [0.4, 0.5) is 11.4 Å². The lowest BCUT2D eigenvalue weighted by Crippen LogP contribution is -2.27. The summed E-state index contributed by atoms with van der Waals surface area (Å²) in [6, 6.07) is 22.3. The number of anilines is 2. The molecular weight excluding hydrogens is 464 g/mol. The van der Waals surface area contributed by atoms with Gasteiger partial charge >= 0.3 is 0 Å². The van der Waals surface area contributed by atoms with E-state index in [1.165, 1.54) is 0 Å². The van der Waals surface area contributed by atoms with Gasteiger partial charge in [-0.05, 0) is 54.1 Å². The Bertz CT molecular complexity index is 1070. The summed E-state index contributed by atoms with van der Waals surface area (Å²) in [6.07, 6.45) is 0. The van der Waals surface area contributed by atoms with E-state index in [2.05, 4.69) is 21.2 Å². The molecule has 0 spiro atoms. The fourth-order valence-corrected chi connectivity index (χ4v) is 4.69. The molecule has 3 aromatic rings. The van der Waals surface area contributed by atoms with Crippen LogP contribution in [0.15, 0.2) is 77.3 Å². The van der Waals surface area contributed by atoms with E-state index in [-0.39, 0.29) is 17.2 Å². The van der Waals surface area contributed by atoms with Gasteiger partial charge in [-0.2, -0.15) is 0 Å². The standard InChI is InChI=1S/C23H19BrN2O3S/c1-29-20-4-2-3-19(13-20)26-21(27)14-30-23(26)16-7-11-18(12-8-16)25-22(28)15-5-9-17(24)10-6-15/h2-13,23H,14H2,1H3,(H,25,28)/t23-/m1/s1. The number of carbonyl (C=O) groups is 2. The predicted octanol–water partition coefficient (Wildman–Crippen LogP) is 5.49. The maximum atomic E-state index is 12.6. The molecule has 1 N–H and O–H groups in total. The molecule has 152 valence electrons. The summed E-state index contributed by atoms with van der Waals surface area (Å²) in [4.78, 5) is 26.8. The van der Waals surface area contributed by atoms with E-state index < -0.39 is 0 Å². The van der Waals surface area contributed by atoms with Crippen LogP contribution >= 0.6 is 27.7 Å². The van der Waals surface area contributed by atoms with E-state index in [4.69, 9.17) is 4.74 Å². The summed E-state index contributed by atoms with van der Waals surface area (Å²) < 4.78 is 6.22. The SMILES string of the molecule is COc1cccc(N2C(=O)CS[C@@H]2c2ccc(NC(=O)c3ccc(Br)cc3)cc2)c1. The van der Waals surface area contributed by atoms with Crippen molar-refractivity contribution in [2.24, 2.45) is 0 Å². The van der Waals surface area contributed by atoms with Gasteiger partial charge in [-0.1, -0.05) is 34.1 Å². The van der Waals surface area contributed by atoms with E-state index in [0.717, 1.165) is 15.7 Å². The lowest BCUT2D eigenvalue weighted by atomic mass is 10.1. The lowest BCUT2D eigenvalue weighted by molar-refractivity contribution is -0.115. The minimum Gasteiger partial charge on any atom is -0.497 e. The van der Waals surface area contributed by atoms with Crippen LogP contribution in [0.2, 0.25) is 0 Å². The molecule has 0 bridgehead atoms. The summed E-state index contributed by atoms with van der Waals surface area (Å²) in [6.45, 7) is 0. The molecule has 0 saturated carbocycles. The van der Waals surface area contributed by atoms with Crippen molar-refractivity contribution >= 4 is 50.9 Å². The molecule has 1 fully saturated rings. The maximum Gasteiger partial charge on any atom is 0.255 e. The zero-order valence-electron chi connectivity index (χ0n) is 16.2. The molecule has 5 nitrogen and oxygen atoms in total. The molecule has 0 unspecified atom stereocenters. The number of hydrogen-bond acceptors (Lipinski definition) is 4. The molecule has 0 aliphatic carbocycles. The Kier molecular flexibility index (Phi) is 6.11. The Morgan fingerprint density at radius 3 is 2.53 bits per heavy atom. The number of nitrogens with one attached hydrogen (secondary N) is 1. The van der Waals surface area contributed by atoms with Crippen LogP contribution in [0.5, 0.6) is 5.75 Å². The number of hydrogen-bond donors (Lipinski definition) is 1.